The molecule has 0 aliphatic heterocycles. The summed E-state index contributed by atoms with van der Waals surface area (Å²) in [4.78, 5) is 12.1. The zero-order valence-corrected chi connectivity index (χ0v) is 9.92. The number of benzene rings is 1. The number of rotatable bonds is 5. The van der Waals surface area contributed by atoms with Crippen molar-refractivity contribution in [3.8, 4) is 0 Å². The van der Waals surface area contributed by atoms with E-state index in [0.29, 0.717) is 24.2 Å². The molecule has 2 nitrogen and oxygen atoms in total. The van der Waals surface area contributed by atoms with Crippen molar-refractivity contribution in [1.29, 1.82) is 0 Å². The van der Waals surface area contributed by atoms with E-state index in [-0.39, 0.29) is 11.6 Å². The molecule has 1 atom stereocenters. The molecule has 0 aliphatic rings. The van der Waals surface area contributed by atoms with Crippen molar-refractivity contribution in [2.45, 2.75) is 33.3 Å². The minimum absolute atomic E-state index is 0.0677. The van der Waals surface area contributed by atoms with Crippen LogP contribution in [0.25, 0.3) is 0 Å². The number of ether oxygens (including phenoxy) is 1. The first-order valence-corrected chi connectivity index (χ1v) is 5.52. The van der Waals surface area contributed by atoms with Gasteiger partial charge in [0.15, 0.2) is 5.78 Å². The number of halogens is 1. The molecule has 1 aromatic rings. The summed E-state index contributed by atoms with van der Waals surface area (Å²) in [5.41, 5.74) is 1.20. The van der Waals surface area contributed by atoms with Gasteiger partial charge in [-0.1, -0.05) is 6.92 Å². The summed E-state index contributed by atoms with van der Waals surface area (Å²) in [6.45, 7) is 5.99. The quantitative estimate of drug-likeness (QED) is 0.718. The average Bonchev–Trinajstić information content (AvgIpc) is 2.25. The fraction of sp³-hybridized carbons (Fsp3) is 0.462. The molecule has 0 heterocycles. The molecular weight excluding hydrogens is 207 g/mol. The van der Waals surface area contributed by atoms with E-state index in [0.717, 1.165) is 0 Å². The third-order valence-electron chi connectivity index (χ3n) is 2.48. The predicted molar refractivity (Wildman–Crippen MR) is 61.2 cm³/mol. The molecule has 16 heavy (non-hydrogen) atoms. The van der Waals surface area contributed by atoms with E-state index < -0.39 is 6.10 Å². The maximum Gasteiger partial charge on any atom is 0.191 e. The van der Waals surface area contributed by atoms with Gasteiger partial charge in [-0.25, -0.2) is 4.39 Å². The SMILES string of the molecule is CCOC(CC)C(=O)c1ccc(F)cc1C. The molecule has 0 fully saturated rings. The van der Waals surface area contributed by atoms with E-state index in [1.807, 2.05) is 13.8 Å². The first kappa shape index (κ1) is 12.8. The van der Waals surface area contributed by atoms with E-state index in [4.69, 9.17) is 4.74 Å². The van der Waals surface area contributed by atoms with Gasteiger partial charge >= 0.3 is 0 Å². The number of aryl methyl sites for hydroxylation is 1. The fourth-order valence-corrected chi connectivity index (χ4v) is 1.66. The van der Waals surface area contributed by atoms with Gasteiger partial charge in [-0.05, 0) is 44.0 Å². The fourth-order valence-electron chi connectivity index (χ4n) is 1.66. The lowest BCUT2D eigenvalue weighted by Gasteiger charge is -2.15. The third-order valence-corrected chi connectivity index (χ3v) is 2.48. The number of hydrogen-bond acceptors (Lipinski definition) is 2. The van der Waals surface area contributed by atoms with Gasteiger partial charge in [0.05, 0.1) is 0 Å². The summed E-state index contributed by atoms with van der Waals surface area (Å²) < 4.78 is 18.2. The maximum absolute atomic E-state index is 12.9. The molecule has 0 aromatic heterocycles. The minimum atomic E-state index is -0.422. The van der Waals surface area contributed by atoms with Crippen LogP contribution in [-0.4, -0.2) is 18.5 Å². The Balaban J connectivity index is 2.94. The van der Waals surface area contributed by atoms with Crippen LogP contribution in [0.4, 0.5) is 4.39 Å². The highest BCUT2D eigenvalue weighted by Crippen LogP contribution is 2.15. The molecule has 0 saturated heterocycles. The first-order chi connectivity index (χ1) is 7.60. The van der Waals surface area contributed by atoms with Gasteiger partial charge in [0, 0.05) is 12.2 Å². The zero-order valence-electron chi connectivity index (χ0n) is 9.92. The van der Waals surface area contributed by atoms with Gasteiger partial charge in [0.2, 0.25) is 0 Å². The normalized spacial score (nSPS) is 12.5. The number of Topliss-reactive ketones (excluding diaryl/α,β-unsaturated/α-hetero) is 1. The lowest BCUT2D eigenvalue weighted by atomic mass is 10.00. The monoisotopic (exact) mass is 224 g/mol. The van der Waals surface area contributed by atoms with Crippen molar-refractivity contribution in [2.24, 2.45) is 0 Å². The largest absolute Gasteiger partial charge is 0.370 e. The molecule has 0 aliphatic carbocycles. The molecular formula is C13H17FO2. The second-order valence-electron chi connectivity index (χ2n) is 3.68. The van der Waals surface area contributed by atoms with Crippen molar-refractivity contribution in [2.75, 3.05) is 6.61 Å². The predicted octanol–water partition coefficient (Wildman–Crippen LogP) is 3.13. The second-order valence-corrected chi connectivity index (χ2v) is 3.68. The van der Waals surface area contributed by atoms with Crippen LogP contribution in [0.3, 0.4) is 0 Å². The van der Waals surface area contributed by atoms with Gasteiger partial charge in [-0.3, -0.25) is 4.79 Å². The molecule has 0 radical (unpaired) electrons. The van der Waals surface area contributed by atoms with Crippen molar-refractivity contribution in [1.82, 2.24) is 0 Å². The molecule has 0 spiro atoms. The third kappa shape index (κ3) is 2.89. The summed E-state index contributed by atoms with van der Waals surface area (Å²) in [5, 5.41) is 0. The van der Waals surface area contributed by atoms with Crippen molar-refractivity contribution in [3.63, 3.8) is 0 Å². The summed E-state index contributed by atoms with van der Waals surface area (Å²) in [5.74, 6) is -0.389. The lowest BCUT2D eigenvalue weighted by molar-refractivity contribution is 0.0443. The van der Waals surface area contributed by atoms with Crippen LogP contribution < -0.4 is 0 Å². The van der Waals surface area contributed by atoms with E-state index in [9.17, 15) is 9.18 Å². The van der Waals surface area contributed by atoms with Gasteiger partial charge in [-0.2, -0.15) is 0 Å². The van der Waals surface area contributed by atoms with E-state index in [2.05, 4.69) is 0 Å². The summed E-state index contributed by atoms with van der Waals surface area (Å²) in [6, 6.07) is 4.19. The van der Waals surface area contributed by atoms with Crippen LogP contribution in [0.1, 0.15) is 36.2 Å². The summed E-state index contributed by atoms with van der Waals surface area (Å²) in [6.07, 6.45) is 0.206. The summed E-state index contributed by atoms with van der Waals surface area (Å²) >= 11 is 0. The standard InChI is InChI=1S/C13H17FO2/c1-4-12(16-5-2)13(15)11-7-6-10(14)8-9(11)3/h6-8,12H,4-5H2,1-3H3. The first-order valence-electron chi connectivity index (χ1n) is 5.52. The van der Waals surface area contributed by atoms with E-state index >= 15 is 0 Å². The van der Waals surface area contributed by atoms with E-state index in [1.165, 1.54) is 18.2 Å². The highest BCUT2D eigenvalue weighted by atomic mass is 19.1. The van der Waals surface area contributed by atoms with Crippen LogP contribution in [0, 0.1) is 12.7 Å². The molecule has 0 amide bonds. The highest BCUT2D eigenvalue weighted by Gasteiger charge is 2.19. The smallest absolute Gasteiger partial charge is 0.191 e. The van der Waals surface area contributed by atoms with Crippen LogP contribution in [0.2, 0.25) is 0 Å². The molecule has 88 valence electrons. The van der Waals surface area contributed by atoms with Crippen LogP contribution >= 0.6 is 0 Å². The van der Waals surface area contributed by atoms with Gasteiger partial charge in [0.1, 0.15) is 11.9 Å². The van der Waals surface area contributed by atoms with Gasteiger partial charge in [-0.15, -0.1) is 0 Å². The topological polar surface area (TPSA) is 26.3 Å². The Morgan fingerprint density at radius 2 is 2.12 bits per heavy atom. The Bertz CT molecular complexity index is 374. The molecule has 0 N–H and O–H groups in total. The number of hydrogen-bond donors (Lipinski definition) is 0. The highest BCUT2D eigenvalue weighted by molar-refractivity contribution is 6.00. The minimum Gasteiger partial charge on any atom is -0.370 e. The molecule has 0 saturated carbocycles. The maximum atomic E-state index is 12.9. The van der Waals surface area contributed by atoms with Crippen LogP contribution in [0.15, 0.2) is 18.2 Å². The van der Waals surface area contributed by atoms with Crippen LogP contribution in [-0.2, 0) is 4.74 Å². The molecule has 0 bridgehead atoms. The van der Waals surface area contributed by atoms with Gasteiger partial charge in [0.25, 0.3) is 0 Å². The van der Waals surface area contributed by atoms with Crippen molar-refractivity contribution >= 4 is 5.78 Å². The molecule has 1 unspecified atom stereocenters. The number of ketones is 1. The van der Waals surface area contributed by atoms with E-state index in [1.54, 1.807) is 6.92 Å². The molecule has 3 heteroatoms. The number of carbonyl (C=O) groups is 1. The van der Waals surface area contributed by atoms with Crippen molar-refractivity contribution in [3.05, 3.63) is 35.1 Å². The average molecular weight is 224 g/mol. The Hall–Kier alpha value is -1.22. The molecule has 1 aromatic carbocycles. The van der Waals surface area contributed by atoms with Crippen LogP contribution in [0.5, 0.6) is 0 Å². The Morgan fingerprint density at radius 1 is 1.44 bits per heavy atom. The Labute approximate surface area is 95.4 Å². The number of carbonyl (C=O) groups excluding carboxylic acids is 1. The molecule has 1 rings (SSSR count). The Kier molecular flexibility index (Phi) is 4.62. The second kappa shape index (κ2) is 5.75. The Morgan fingerprint density at radius 3 is 2.62 bits per heavy atom. The lowest BCUT2D eigenvalue weighted by Crippen LogP contribution is -2.24. The van der Waals surface area contributed by atoms with Crippen molar-refractivity contribution < 1.29 is 13.9 Å². The summed E-state index contributed by atoms with van der Waals surface area (Å²) in [7, 11) is 0. The zero-order chi connectivity index (χ0) is 12.1. The van der Waals surface area contributed by atoms with Gasteiger partial charge < -0.3 is 4.74 Å².